The monoisotopic (exact) mass is 176 g/mol. The molecular weight excluding hydrogens is 160 g/mol. The first kappa shape index (κ1) is 8.70. The molecule has 0 atom stereocenters. The molecule has 2 heterocycles. The van der Waals surface area contributed by atoms with E-state index in [2.05, 4.69) is 28.5 Å². The zero-order chi connectivity index (χ0) is 8.93. The fourth-order valence-corrected chi connectivity index (χ4v) is 1.93. The summed E-state index contributed by atoms with van der Waals surface area (Å²) in [6.45, 7) is 3.16. The maximum Gasteiger partial charge on any atom is 0.0573 e. The fourth-order valence-electron chi connectivity index (χ4n) is 1.93. The van der Waals surface area contributed by atoms with Gasteiger partial charge in [0.1, 0.15) is 0 Å². The minimum absolute atomic E-state index is 0.752. The molecule has 2 rings (SSSR count). The van der Waals surface area contributed by atoms with Gasteiger partial charge in [-0.05, 0) is 43.5 Å². The van der Waals surface area contributed by atoms with Crippen LogP contribution < -0.4 is 5.32 Å². The predicted molar refractivity (Wildman–Crippen MR) is 56.2 cm³/mol. The van der Waals surface area contributed by atoms with Crippen LogP contribution in [0.4, 0.5) is 0 Å². The first-order chi connectivity index (χ1) is 6.47. The molecule has 0 aliphatic carbocycles. The minimum atomic E-state index is 0.752. The fraction of sp³-hybridized carbons (Fsp3) is 0.545. The summed E-state index contributed by atoms with van der Waals surface area (Å²) in [7, 11) is 0. The summed E-state index contributed by atoms with van der Waals surface area (Å²) >= 11 is 0. The maximum absolute atomic E-state index is 4.21. The number of rotatable bonds is 1. The molecule has 0 aromatic carbocycles. The van der Waals surface area contributed by atoms with E-state index in [-0.39, 0.29) is 0 Å². The average Bonchev–Trinajstić information content (AvgIpc) is 2.47. The zero-order valence-corrected chi connectivity index (χ0v) is 7.87. The van der Waals surface area contributed by atoms with E-state index in [0.717, 1.165) is 25.6 Å². The number of allylic oxidation sites excluding steroid dienone is 3. The van der Waals surface area contributed by atoms with Crippen LogP contribution in [-0.4, -0.2) is 25.8 Å². The molecule has 2 nitrogen and oxygen atoms in total. The van der Waals surface area contributed by atoms with Crippen molar-refractivity contribution in [2.45, 2.75) is 12.8 Å². The van der Waals surface area contributed by atoms with Crippen molar-refractivity contribution in [3.05, 3.63) is 23.8 Å². The van der Waals surface area contributed by atoms with Crippen molar-refractivity contribution in [2.75, 3.05) is 19.6 Å². The third kappa shape index (κ3) is 2.28. The van der Waals surface area contributed by atoms with Gasteiger partial charge in [-0.1, -0.05) is 12.2 Å². The second-order valence-electron chi connectivity index (χ2n) is 3.61. The van der Waals surface area contributed by atoms with E-state index in [1.807, 2.05) is 6.21 Å². The van der Waals surface area contributed by atoms with Gasteiger partial charge in [0.15, 0.2) is 0 Å². The van der Waals surface area contributed by atoms with Crippen molar-refractivity contribution in [1.29, 1.82) is 0 Å². The number of hydrogen-bond donors (Lipinski definition) is 1. The molecule has 2 aliphatic rings. The van der Waals surface area contributed by atoms with Gasteiger partial charge in [-0.15, -0.1) is 0 Å². The van der Waals surface area contributed by atoms with Crippen molar-refractivity contribution in [1.82, 2.24) is 5.32 Å². The summed E-state index contributed by atoms with van der Waals surface area (Å²) < 4.78 is 0. The van der Waals surface area contributed by atoms with E-state index in [4.69, 9.17) is 0 Å². The summed E-state index contributed by atoms with van der Waals surface area (Å²) in [5.41, 5.74) is 1.46. The molecule has 1 saturated heterocycles. The average molecular weight is 176 g/mol. The van der Waals surface area contributed by atoms with Gasteiger partial charge < -0.3 is 5.32 Å². The molecule has 0 spiro atoms. The molecule has 13 heavy (non-hydrogen) atoms. The van der Waals surface area contributed by atoms with Crippen LogP contribution in [0, 0.1) is 5.92 Å². The van der Waals surface area contributed by atoms with E-state index in [1.165, 1.54) is 18.4 Å². The van der Waals surface area contributed by atoms with Crippen molar-refractivity contribution < 1.29 is 0 Å². The van der Waals surface area contributed by atoms with Gasteiger partial charge in [-0.2, -0.15) is 0 Å². The van der Waals surface area contributed by atoms with Crippen LogP contribution in [-0.2, 0) is 0 Å². The van der Waals surface area contributed by atoms with Crippen molar-refractivity contribution >= 4 is 6.21 Å². The quantitative estimate of drug-likeness (QED) is 0.644. The van der Waals surface area contributed by atoms with Crippen LogP contribution in [0.15, 0.2) is 28.8 Å². The first-order valence-electron chi connectivity index (χ1n) is 5.04. The van der Waals surface area contributed by atoms with Gasteiger partial charge in [0, 0.05) is 6.21 Å². The summed E-state index contributed by atoms with van der Waals surface area (Å²) in [5.74, 6) is 0.752. The lowest BCUT2D eigenvalue weighted by atomic mass is 9.89. The van der Waals surface area contributed by atoms with Crippen molar-refractivity contribution in [2.24, 2.45) is 10.9 Å². The molecule has 2 heteroatoms. The minimum Gasteiger partial charge on any atom is -0.317 e. The smallest absolute Gasteiger partial charge is 0.0573 e. The molecular formula is C11H16N2. The number of piperidine rings is 1. The van der Waals surface area contributed by atoms with Gasteiger partial charge in [0.05, 0.1) is 6.54 Å². The Balaban J connectivity index is 2.05. The summed E-state index contributed by atoms with van der Waals surface area (Å²) in [6, 6.07) is 0. The molecule has 70 valence electrons. The Morgan fingerprint density at radius 1 is 1.31 bits per heavy atom. The maximum atomic E-state index is 4.21. The predicted octanol–water partition coefficient (Wildman–Crippen LogP) is 1.55. The molecule has 0 aromatic rings. The molecule has 1 N–H and O–H groups in total. The molecule has 0 bridgehead atoms. The Kier molecular flexibility index (Phi) is 2.93. The van der Waals surface area contributed by atoms with E-state index >= 15 is 0 Å². The number of nitrogens with zero attached hydrogens (tertiary/aromatic N) is 1. The van der Waals surface area contributed by atoms with E-state index in [1.54, 1.807) is 0 Å². The van der Waals surface area contributed by atoms with Crippen LogP contribution in [0.2, 0.25) is 0 Å². The summed E-state index contributed by atoms with van der Waals surface area (Å²) in [5, 5.41) is 3.38. The van der Waals surface area contributed by atoms with Gasteiger partial charge in [0.25, 0.3) is 0 Å². The second-order valence-corrected chi connectivity index (χ2v) is 3.61. The molecule has 2 aliphatic heterocycles. The highest BCUT2D eigenvalue weighted by atomic mass is 14.9. The van der Waals surface area contributed by atoms with Crippen molar-refractivity contribution in [3.8, 4) is 0 Å². The van der Waals surface area contributed by atoms with Gasteiger partial charge in [-0.3, -0.25) is 4.99 Å². The van der Waals surface area contributed by atoms with E-state index in [0.29, 0.717) is 0 Å². The Morgan fingerprint density at radius 3 is 3.00 bits per heavy atom. The van der Waals surface area contributed by atoms with Crippen LogP contribution in [0.5, 0.6) is 0 Å². The lowest BCUT2D eigenvalue weighted by molar-refractivity contribution is 0.425. The Bertz CT molecular complexity index is 245. The van der Waals surface area contributed by atoms with Crippen LogP contribution in [0.1, 0.15) is 12.8 Å². The highest BCUT2D eigenvalue weighted by Gasteiger charge is 2.15. The lowest BCUT2D eigenvalue weighted by Crippen LogP contribution is -2.28. The number of hydrogen-bond acceptors (Lipinski definition) is 2. The third-order valence-electron chi connectivity index (χ3n) is 2.70. The molecule has 0 radical (unpaired) electrons. The number of nitrogens with one attached hydrogen (secondary N) is 1. The zero-order valence-electron chi connectivity index (χ0n) is 7.87. The standard InChI is InChI=1S/C11H16N2/c1-2-10(3-7-12-6-1)11-4-8-13-9-5-11/h1-3,7,11,13H,4-6,8-9H2. The first-order valence-corrected chi connectivity index (χ1v) is 5.04. The topological polar surface area (TPSA) is 24.4 Å². The van der Waals surface area contributed by atoms with Crippen LogP contribution in [0.3, 0.4) is 0 Å². The number of aliphatic imine (C=N–C) groups is 1. The Hall–Kier alpha value is -0.890. The molecule has 0 amide bonds. The molecule has 0 unspecified atom stereocenters. The SMILES string of the molecule is C1=CC(C2CCNCC2)=CC=NC1. The summed E-state index contributed by atoms with van der Waals surface area (Å²) in [4.78, 5) is 4.21. The van der Waals surface area contributed by atoms with Gasteiger partial charge in [0.2, 0.25) is 0 Å². The highest BCUT2D eigenvalue weighted by molar-refractivity contribution is 5.73. The van der Waals surface area contributed by atoms with Crippen LogP contribution >= 0.6 is 0 Å². The van der Waals surface area contributed by atoms with Gasteiger partial charge in [-0.25, -0.2) is 0 Å². The Labute approximate surface area is 79.4 Å². The third-order valence-corrected chi connectivity index (χ3v) is 2.70. The molecule has 1 fully saturated rings. The van der Waals surface area contributed by atoms with E-state index in [9.17, 15) is 0 Å². The largest absolute Gasteiger partial charge is 0.317 e. The molecule has 0 aromatic heterocycles. The van der Waals surface area contributed by atoms with E-state index < -0.39 is 0 Å². The van der Waals surface area contributed by atoms with Crippen molar-refractivity contribution in [3.63, 3.8) is 0 Å². The second kappa shape index (κ2) is 4.38. The Morgan fingerprint density at radius 2 is 2.15 bits per heavy atom. The molecule has 0 saturated carbocycles. The lowest BCUT2D eigenvalue weighted by Gasteiger charge is -2.23. The highest BCUT2D eigenvalue weighted by Crippen LogP contribution is 2.22. The normalized spacial score (nSPS) is 24.2. The van der Waals surface area contributed by atoms with Crippen LogP contribution in [0.25, 0.3) is 0 Å². The van der Waals surface area contributed by atoms with Gasteiger partial charge >= 0.3 is 0 Å². The summed E-state index contributed by atoms with van der Waals surface area (Å²) in [6.07, 6.45) is 11.0.